The van der Waals surface area contributed by atoms with Crippen molar-refractivity contribution in [3.63, 3.8) is 0 Å². The van der Waals surface area contributed by atoms with Crippen molar-refractivity contribution in [2.24, 2.45) is 4.99 Å². The van der Waals surface area contributed by atoms with E-state index in [2.05, 4.69) is 47.5 Å². The molecule has 15 heavy (non-hydrogen) atoms. The normalized spacial score (nSPS) is 28.7. The predicted molar refractivity (Wildman–Crippen MR) is 63.4 cm³/mol. The molecule has 1 aliphatic heterocycles. The third kappa shape index (κ3) is 1.26. The molecule has 3 rings (SSSR count). The SMILES string of the molecule is C1=CC2=NCCC2(c2ccccc2)CC1. The first kappa shape index (κ1) is 8.90. The molecule has 0 bridgehead atoms. The van der Waals surface area contributed by atoms with E-state index in [0.717, 1.165) is 6.54 Å². The van der Waals surface area contributed by atoms with E-state index in [1.165, 1.54) is 30.5 Å². The van der Waals surface area contributed by atoms with E-state index in [1.54, 1.807) is 0 Å². The number of allylic oxidation sites excluding steroid dienone is 2. The van der Waals surface area contributed by atoms with Gasteiger partial charge in [-0.2, -0.15) is 0 Å². The monoisotopic (exact) mass is 197 g/mol. The first-order valence-electron chi connectivity index (χ1n) is 5.69. The molecule has 0 aromatic heterocycles. The van der Waals surface area contributed by atoms with Crippen LogP contribution < -0.4 is 0 Å². The molecule has 1 unspecified atom stereocenters. The summed E-state index contributed by atoms with van der Waals surface area (Å²) in [7, 11) is 0. The van der Waals surface area contributed by atoms with Crippen LogP contribution in [0.25, 0.3) is 0 Å². The molecule has 0 spiro atoms. The Balaban J connectivity index is 2.10. The van der Waals surface area contributed by atoms with Crippen molar-refractivity contribution in [1.29, 1.82) is 0 Å². The number of nitrogens with zero attached hydrogens (tertiary/aromatic N) is 1. The first-order chi connectivity index (χ1) is 7.42. The first-order valence-corrected chi connectivity index (χ1v) is 5.69. The molecule has 0 saturated carbocycles. The number of rotatable bonds is 1. The second-order valence-electron chi connectivity index (χ2n) is 4.41. The molecule has 0 saturated heterocycles. The molecular formula is C14H15N. The summed E-state index contributed by atoms with van der Waals surface area (Å²) in [6, 6.07) is 10.9. The summed E-state index contributed by atoms with van der Waals surface area (Å²) in [4.78, 5) is 4.64. The van der Waals surface area contributed by atoms with Gasteiger partial charge in [-0.05, 0) is 30.9 Å². The van der Waals surface area contributed by atoms with Gasteiger partial charge in [0.2, 0.25) is 0 Å². The van der Waals surface area contributed by atoms with Gasteiger partial charge in [-0.25, -0.2) is 0 Å². The predicted octanol–water partition coefficient (Wildman–Crippen LogP) is 3.12. The van der Waals surface area contributed by atoms with Gasteiger partial charge in [0.1, 0.15) is 0 Å². The molecule has 0 N–H and O–H groups in total. The maximum Gasteiger partial charge on any atom is 0.0451 e. The molecule has 1 aromatic rings. The van der Waals surface area contributed by atoms with Crippen LogP contribution in [0.1, 0.15) is 24.8 Å². The molecule has 0 amide bonds. The number of hydrogen-bond donors (Lipinski definition) is 0. The van der Waals surface area contributed by atoms with Crippen LogP contribution in [0.4, 0.5) is 0 Å². The highest BCUT2D eigenvalue weighted by Crippen LogP contribution is 2.40. The lowest BCUT2D eigenvalue weighted by molar-refractivity contribution is 0.520. The minimum Gasteiger partial charge on any atom is -0.289 e. The standard InChI is InChI=1S/C14H15N/c1-2-6-12(7-3-1)14-9-5-4-8-13(14)15-11-10-14/h1-4,6-8H,5,9-11H2. The van der Waals surface area contributed by atoms with Crippen LogP contribution in [0.2, 0.25) is 0 Å². The van der Waals surface area contributed by atoms with Crippen molar-refractivity contribution < 1.29 is 0 Å². The Morgan fingerprint density at radius 2 is 1.93 bits per heavy atom. The third-order valence-corrected chi connectivity index (χ3v) is 3.65. The Morgan fingerprint density at radius 3 is 2.80 bits per heavy atom. The number of hydrogen-bond acceptors (Lipinski definition) is 1. The Kier molecular flexibility index (Phi) is 1.98. The second-order valence-corrected chi connectivity index (χ2v) is 4.41. The van der Waals surface area contributed by atoms with E-state index in [-0.39, 0.29) is 5.41 Å². The van der Waals surface area contributed by atoms with Crippen molar-refractivity contribution in [2.45, 2.75) is 24.7 Å². The summed E-state index contributed by atoms with van der Waals surface area (Å²) >= 11 is 0. The maximum atomic E-state index is 4.64. The number of fused-ring (bicyclic) bond motifs is 1. The van der Waals surface area contributed by atoms with Gasteiger partial charge in [0.15, 0.2) is 0 Å². The smallest absolute Gasteiger partial charge is 0.0451 e. The molecule has 1 aliphatic carbocycles. The number of aliphatic imine (C=N–C) groups is 1. The van der Waals surface area contributed by atoms with Gasteiger partial charge < -0.3 is 0 Å². The van der Waals surface area contributed by atoms with Crippen molar-refractivity contribution in [3.8, 4) is 0 Å². The summed E-state index contributed by atoms with van der Waals surface area (Å²) < 4.78 is 0. The van der Waals surface area contributed by atoms with Crippen LogP contribution in [0.3, 0.4) is 0 Å². The van der Waals surface area contributed by atoms with E-state index in [4.69, 9.17) is 0 Å². The van der Waals surface area contributed by atoms with E-state index >= 15 is 0 Å². The maximum absolute atomic E-state index is 4.64. The second kappa shape index (κ2) is 3.34. The third-order valence-electron chi connectivity index (χ3n) is 3.65. The zero-order valence-corrected chi connectivity index (χ0v) is 8.82. The fourth-order valence-electron chi connectivity index (χ4n) is 2.83. The lowest BCUT2D eigenvalue weighted by Gasteiger charge is -2.32. The van der Waals surface area contributed by atoms with Crippen LogP contribution in [0.15, 0.2) is 47.5 Å². The Bertz CT molecular complexity index is 416. The lowest BCUT2D eigenvalue weighted by atomic mass is 9.70. The summed E-state index contributed by atoms with van der Waals surface area (Å²) in [5.41, 5.74) is 3.00. The molecule has 1 nitrogen and oxygen atoms in total. The fourth-order valence-corrected chi connectivity index (χ4v) is 2.83. The van der Waals surface area contributed by atoms with E-state index in [0.29, 0.717) is 0 Å². The van der Waals surface area contributed by atoms with Gasteiger partial charge in [-0.1, -0.05) is 36.4 Å². The molecule has 0 fully saturated rings. The Labute approximate surface area is 90.5 Å². The molecule has 1 atom stereocenters. The summed E-state index contributed by atoms with van der Waals surface area (Å²) in [6.07, 6.45) is 8.09. The number of benzene rings is 1. The topological polar surface area (TPSA) is 12.4 Å². The molecule has 1 aromatic carbocycles. The average Bonchev–Trinajstić information content (AvgIpc) is 2.75. The van der Waals surface area contributed by atoms with Crippen molar-refractivity contribution in [3.05, 3.63) is 48.0 Å². The molecule has 2 aliphatic rings. The molecule has 76 valence electrons. The van der Waals surface area contributed by atoms with Crippen LogP contribution in [-0.2, 0) is 5.41 Å². The zero-order valence-electron chi connectivity index (χ0n) is 8.82. The molecular weight excluding hydrogens is 182 g/mol. The van der Waals surface area contributed by atoms with Crippen molar-refractivity contribution in [1.82, 2.24) is 0 Å². The highest BCUT2D eigenvalue weighted by molar-refractivity contribution is 6.05. The summed E-state index contributed by atoms with van der Waals surface area (Å²) in [5, 5.41) is 0. The van der Waals surface area contributed by atoms with Gasteiger partial charge in [0.25, 0.3) is 0 Å². The van der Waals surface area contributed by atoms with Crippen LogP contribution in [0.5, 0.6) is 0 Å². The van der Waals surface area contributed by atoms with Gasteiger partial charge in [0.05, 0.1) is 0 Å². The minimum atomic E-state index is 0.246. The Morgan fingerprint density at radius 1 is 1.07 bits per heavy atom. The van der Waals surface area contributed by atoms with E-state index < -0.39 is 0 Å². The van der Waals surface area contributed by atoms with Crippen LogP contribution >= 0.6 is 0 Å². The van der Waals surface area contributed by atoms with Crippen LogP contribution in [0, 0.1) is 0 Å². The molecule has 0 radical (unpaired) electrons. The summed E-state index contributed by atoms with van der Waals surface area (Å²) in [6.45, 7) is 0.995. The average molecular weight is 197 g/mol. The van der Waals surface area contributed by atoms with Crippen molar-refractivity contribution in [2.75, 3.05) is 6.54 Å². The van der Waals surface area contributed by atoms with E-state index in [1.807, 2.05) is 0 Å². The largest absolute Gasteiger partial charge is 0.289 e. The fraction of sp³-hybridized carbons (Fsp3) is 0.357. The van der Waals surface area contributed by atoms with Gasteiger partial charge in [-0.3, -0.25) is 4.99 Å². The highest BCUT2D eigenvalue weighted by atomic mass is 14.8. The van der Waals surface area contributed by atoms with E-state index in [9.17, 15) is 0 Å². The Hall–Kier alpha value is -1.37. The van der Waals surface area contributed by atoms with Crippen molar-refractivity contribution >= 4 is 5.71 Å². The van der Waals surface area contributed by atoms with Gasteiger partial charge >= 0.3 is 0 Å². The molecule has 1 heterocycles. The summed E-state index contributed by atoms with van der Waals surface area (Å²) in [5.74, 6) is 0. The quantitative estimate of drug-likeness (QED) is 0.656. The lowest BCUT2D eigenvalue weighted by Crippen LogP contribution is -2.33. The van der Waals surface area contributed by atoms with Gasteiger partial charge in [0, 0.05) is 17.7 Å². The minimum absolute atomic E-state index is 0.246. The van der Waals surface area contributed by atoms with Gasteiger partial charge in [-0.15, -0.1) is 0 Å². The highest BCUT2D eigenvalue weighted by Gasteiger charge is 2.39. The molecule has 1 heteroatoms. The zero-order chi connectivity index (χ0) is 10.1. The van der Waals surface area contributed by atoms with Crippen LogP contribution in [-0.4, -0.2) is 12.3 Å².